The molecule has 0 saturated heterocycles. The molecule has 5 rings (SSSR count). The van der Waals surface area contributed by atoms with Crippen molar-refractivity contribution in [3.63, 3.8) is 0 Å². The van der Waals surface area contributed by atoms with Crippen molar-refractivity contribution in [3.8, 4) is 11.1 Å². The number of nitrogens with zero attached hydrogens (tertiary/aromatic N) is 2. The zero-order valence-electron chi connectivity index (χ0n) is 21.9. The second kappa shape index (κ2) is 11.1. The fourth-order valence-corrected chi connectivity index (χ4v) is 4.66. The summed E-state index contributed by atoms with van der Waals surface area (Å²) >= 11 is 0. The van der Waals surface area contributed by atoms with Crippen molar-refractivity contribution in [2.24, 2.45) is 0 Å². The van der Waals surface area contributed by atoms with Crippen molar-refractivity contribution in [1.29, 1.82) is 0 Å². The summed E-state index contributed by atoms with van der Waals surface area (Å²) in [4.78, 5) is 24.9. The zero-order chi connectivity index (χ0) is 30.2. The van der Waals surface area contributed by atoms with E-state index < -0.39 is 41.3 Å². The second-order valence-electron chi connectivity index (χ2n) is 9.71. The molecule has 0 aliphatic heterocycles. The van der Waals surface area contributed by atoms with E-state index in [0.717, 1.165) is 24.3 Å². The average Bonchev–Trinajstić information content (AvgIpc) is 3.36. The molecule has 1 atom stereocenters. The van der Waals surface area contributed by atoms with Gasteiger partial charge in [0.2, 0.25) is 0 Å². The number of carbonyl (C=O) groups is 2. The minimum absolute atomic E-state index is 0.0789. The van der Waals surface area contributed by atoms with Crippen molar-refractivity contribution < 1.29 is 36.6 Å². The minimum Gasteiger partial charge on any atom is -0.478 e. The molecular formula is C31H22F5N3O3. The van der Waals surface area contributed by atoms with Crippen LogP contribution in [-0.2, 0) is 12.7 Å². The minimum atomic E-state index is -4.54. The fourth-order valence-electron chi connectivity index (χ4n) is 4.66. The van der Waals surface area contributed by atoms with Crippen LogP contribution in [0.2, 0.25) is 0 Å². The van der Waals surface area contributed by atoms with Crippen LogP contribution >= 0.6 is 0 Å². The lowest BCUT2D eigenvalue weighted by Gasteiger charge is -2.17. The van der Waals surface area contributed by atoms with Gasteiger partial charge in [-0.05, 0) is 77.7 Å². The van der Waals surface area contributed by atoms with E-state index in [4.69, 9.17) is 5.11 Å². The van der Waals surface area contributed by atoms with Crippen molar-refractivity contribution in [3.05, 3.63) is 125 Å². The van der Waals surface area contributed by atoms with Gasteiger partial charge in [0.15, 0.2) is 11.6 Å². The van der Waals surface area contributed by atoms with Crippen LogP contribution in [-0.4, -0.2) is 26.8 Å². The summed E-state index contributed by atoms with van der Waals surface area (Å²) in [5, 5.41) is 16.8. The predicted octanol–water partition coefficient (Wildman–Crippen LogP) is 7.24. The highest BCUT2D eigenvalue weighted by atomic mass is 19.4. The molecule has 42 heavy (non-hydrogen) atoms. The Morgan fingerprint density at radius 3 is 2.33 bits per heavy atom. The molecule has 0 unspecified atom stereocenters. The number of hydrogen-bond donors (Lipinski definition) is 2. The first-order chi connectivity index (χ1) is 19.9. The van der Waals surface area contributed by atoms with Crippen molar-refractivity contribution >= 4 is 22.8 Å². The van der Waals surface area contributed by atoms with Crippen LogP contribution in [0, 0.1) is 11.6 Å². The van der Waals surface area contributed by atoms with Crippen LogP contribution in [0.3, 0.4) is 0 Å². The summed E-state index contributed by atoms with van der Waals surface area (Å²) in [5.41, 5.74) is 1.30. The smallest absolute Gasteiger partial charge is 0.416 e. The maximum Gasteiger partial charge on any atom is 0.416 e. The Kier molecular flexibility index (Phi) is 7.51. The fraction of sp³-hybridized carbons (Fsp3) is 0.129. The molecule has 1 aromatic heterocycles. The number of nitrogens with one attached hydrogen (secondary N) is 1. The van der Waals surface area contributed by atoms with Gasteiger partial charge in [0.1, 0.15) is 0 Å². The molecule has 6 nitrogen and oxygen atoms in total. The Labute approximate surface area is 236 Å². The standard InChI is InChI=1S/C31H22F5N3O3/c1-17(19-5-7-20(8-6-19)30(41)42)38-29(40)25-13-22(21-9-10-26(32)27(33)14-21)12-23-15-37-39(28(23)25)16-18-3-2-4-24(11-18)31(34,35)36/h2-15,17H,16H2,1H3,(H,38,40)(H,41,42)/t17-/m0/s1. The number of halogens is 5. The van der Waals surface area contributed by atoms with Crippen LogP contribution < -0.4 is 5.32 Å². The molecule has 4 aromatic carbocycles. The Morgan fingerprint density at radius 1 is 0.929 bits per heavy atom. The largest absolute Gasteiger partial charge is 0.478 e. The number of carboxylic acids is 1. The Hall–Kier alpha value is -5.06. The number of alkyl halides is 3. The number of amides is 1. The van der Waals surface area contributed by atoms with Gasteiger partial charge in [-0.25, -0.2) is 13.6 Å². The van der Waals surface area contributed by atoms with Gasteiger partial charge in [-0.15, -0.1) is 0 Å². The molecule has 2 N–H and O–H groups in total. The summed E-state index contributed by atoms with van der Waals surface area (Å²) < 4.78 is 69.0. The highest BCUT2D eigenvalue weighted by Gasteiger charge is 2.30. The van der Waals surface area contributed by atoms with Crippen LogP contribution in [0.25, 0.3) is 22.0 Å². The maximum atomic E-state index is 14.1. The summed E-state index contributed by atoms with van der Waals surface area (Å²) in [6.07, 6.45) is -3.09. The van der Waals surface area contributed by atoms with E-state index in [1.165, 1.54) is 47.3 Å². The van der Waals surface area contributed by atoms with Crippen molar-refractivity contribution in [1.82, 2.24) is 15.1 Å². The zero-order valence-corrected chi connectivity index (χ0v) is 21.9. The van der Waals surface area contributed by atoms with Crippen LogP contribution in [0.5, 0.6) is 0 Å². The molecule has 0 aliphatic rings. The van der Waals surface area contributed by atoms with E-state index in [2.05, 4.69) is 10.4 Å². The molecule has 1 heterocycles. The Balaban J connectivity index is 1.56. The van der Waals surface area contributed by atoms with Crippen molar-refractivity contribution in [2.75, 3.05) is 0 Å². The lowest BCUT2D eigenvalue weighted by Crippen LogP contribution is -2.27. The van der Waals surface area contributed by atoms with E-state index in [-0.39, 0.29) is 17.7 Å². The normalized spacial score (nSPS) is 12.3. The van der Waals surface area contributed by atoms with Gasteiger partial charge in [-0.2, -0.15) is 18.3 Å². The second-order valence-corrected chi connectivity index (χ2v) is 9.71. The number of hydrogen-bond acceptors (Lipinski definition) is 3. The number of benzene rings is 4. The molecule has 0 radical (unpaired) electrons. The number of fused-ring (bicyclic) bond motifs is 1. The average molecular weight is 580 g/mol. The highest BCUT2D eigenvalue weighted by molar-refractivity contribution is 6.07. The summed E-state index contributed by atoms with van der Waals surface area (Å²) in [6, 6.07) is 16.6. The molecule has 11 heteroatoms. The number of carboxylic acid groups (broad SMARTS) is 1. The first-order valence-electron chi connectivity index (χ1n) is 12.7. The van der Waals surface area contributed by atoms with Crippen LogP contribution in [0.15, 0.2) is 85.1 Å². The molecule has 1 amide bonds. The first-order valence-corrected chi connectivity index (χ1v) is 12.7. The van der Waals surface area contributed by atoms with E-state index in [1.54, 1.807) is 25.1 Å². The third kappa shape index (κ3) is 5.85. The van der Waals surface area contributed by atoms with E-state index in [0.29, 0.717) is 33.2 Å². The van der Waals surface area contributed by atoms with Gasteiger partial charge >= 0.3 is 12.1 Å². The van der Waals surface area contributed by atoms with Gasteiger partial charge in [-0.3, -0.25) is 9.48 Å². The molecule has 214 valence electrons. The number of aromatic carboxylic acids is 1. The van der Waals surface area contributed by atoms with Gasteiger partial charge in [-0.1, -0.05) is 30.3 Å². The topological polar surface area (TPSA) is 84.2 Å². The van der Waals surface area contributed by atoms with Gasteiger partial charge in [0, 0.05) is 5.39 Å². The third-order valence-electron chi connectivity index (χ3n) is 6.82. The quantitative estimate of drug-likeness (QED) is 0.199. The summed E-state index contributed by atoms with van der Waals surface area (Å²) in [5.74, 6) is -3.76. The monoisotopic (exact) mass is 579 g/mol. The molecule has 0 saturated carbocycles. The maximum absolute atomic E-state index is 14.1. The molecule has 0 fully saturated rings. The number of rotatable bonds is 7. The highest BCUT2D eigenvalue weighted by Crippen LogP contribution is 2.32. The van der Waals surface area contributed by atoms with E-state index >= 15 is 0 Å². The van der Waals surface area contributed by atoms with Gasteiger partial charge < -0.3 is 10.4 Å². The molecule has 0 spiro atoms. The first kappa shape index (κ1) is 28.5. The third-order valence-corrected chi connectivity index (χ3v) is 6.82. The van der Waals surface area contributed by atoms with Gasteiger partial charge in [0.25, 0.3) is 5.91 Å². The summed E-state index contributed by atoms with van der Waals surface area (Å²) in [6.45, 7) is 1.62. The van der Waals surface area contributed by atoms with E-state index in [1.807, 2.05) is 0 Å². The summed E-state index contributed by atoms with van der Waals surface area (Å²) in [7, 11) is 0. The molecular weight excluding hydrogens is 557 g/mol. The van der Waals surface area contributed by atoms with Crippen LogP contribution in [0.4, 0.5) is 22.0 Å². The molecule has 0 bridgehead atoms. The van der Waals surface area contributed by atoms with E-state index in [9.17, 15) is 31.5 Å². The Morgan fingerprint density at radius 2 is 1.67 bits per heavy atom. The van der Waals surface area contributed by atoms with Gasteiger partial charge in [0.05, 0.1) is 41.0 Å². The SMILES string of the molecule is C[C@H](NC(=O)c1cc(-c2ccc(F)c(F)c2)cc2cnn(Cc3cccc(C(F)(F)F)c3)c12)c1ccc(C(=O)O)cc1. The molecule has 0 aliphatic carbocycles. The molecule has 5 aromatic rings. The lowest BCUT2D eigenvalue weighted by molar-refractivity contribution is -0.137. The van der Waals surface area contributed by atoms with Crippen LogP contribution in [0.1, 0.15) is 50.4 Å². The number of aromatic nitrogens is 2. The lowest BCUT2D eigenvalue weighted by atomic mass is 9.99. The number of carbonyl (C=O) groups excluding carboxylic acids is 1. The van der Waals surface area contributed by atoms with Crippen molar-refractivity contribution in [2.45, 2.75) is 25.7 Å². The Bertz CT molecular complexity index is 1810. The predicted molar refractivity (Wildman–Crippen MR) is 145 cm³/mol.